The molecule has 1 aromatic heterocycles. The number of aryl methyl sites for hydroxylation is 2. The molecular formula is C19H17O+. The van der Waals surface area contributed by atoms with Crippen LogP contribution in [0.2, 0.25) is 0 Å². The highest BCUT2D eigenvalue weighted by Gasteiger charge is 2.09. The molecule has 1 nitrogen and oxygen atoms in total. The van der Waals surface area contributed by atoms with Gasteiger partial charge in [0, 0.05) is 12.1 Å². The van der Waals surface area contributed by atoms with Crippen molar-refractivity contribution in [3.63, 3.8) is 0 Å². The van der Waals surface area contributed by atoms with Crippen LogP contribution in [0, 0.1) is 13.8 Å². The number of hydrogen-bond donors (Lipinski definition) is 0. The van der Waals surface area contributed by atoms with Gasteiger partial charge in [0.2, 0.25) is 0 Å². The first-order valence-electron chi connectivity index (χ1n) is 6.79. The van der Waals surface area contributed by atoms with E-state index < -0.39 is 0 Å². The van der Waals surface area contributed by atoms with Gasteiger partial charge in [-0.3, -0.25) is 0 Å². The van der Waals surface area contributed by atoms with Crippen molar-refractivity contribution < 1.29 is 4.42 Å². The Kier molecular flexibility index (Phi) is 3.34. The highest BCUT2D eigenvalue weighted by molar-refractivity contribution is 5.70. The summed E-state index contributed by atoms with van der Waals surface area (Å²) in [5.74, 6) is 1.87. The van der Waals surface area contributed by atoms with E-state index in [1.807, 2.05) is 19.9 Å². The van der Waals surface area contributed by atoms with Crippen LogP contribution in [0.4, 0.5) is 0 Å². The van der Waals surface area contributed by atoms with Crippen molar-refractivity contribution in [2.75, 3.05) is 0 Å². The van der Waals surface area contributed by atoms with Crippen LogP contribution in [-0.4, -0.2) is 0 Å². The van der Waals surface area contributed by atoms with Crippen LogP contribution >= 0.6 is 0 Å². The highest BCUT2D eigenvalue weighted by Crippen LogP contribution is 2.26. The molecule has 0 radical (unpaired) electrons. The van der Waals surface area contributed by atoms with Gasteiger partial charge in [-0.25, -0.2) is 4.42 Å². The van der Waals surface area contributed by atoms with Gasteiger partial charge >= 0.3 is 11.5 Å². The third-order valence-electron chi connectivity index (χ3n) is 3.36. The monoisotopic (exact) mass is 261 g/mol. The quantitative estimate of drug-likeness (QED) is 0.553. The minimum Gasteiger partial charge on any atom is -0.218 e. The minimum absolute atomic E-state index is 0.937. The summed E-state index contributed by atoms with van der Waals surface area (Å²) in [4.78, 5) is 0. The average molecular weight is 261 g/mol. The molecule has 3 rings (SSSR count). The molecule has 1 heteroatoms. The van der Waals surface area contributed by atoms with Gasteiger partial charge in [0.05, 0.1) is 13.8 Å². The van der Waals surface area contributed by atoms with E-state index in [1.165, 1.54) is 22.3 Å². The number of hydrogen-bond acceptors (Lipinski definition) is 0. The molecule has 1 heterocycles. The molecule has 0 spiro atoms. The lowest BCUT2D eigenvalue weighted by Crippen LogP contribution is -1.83. The summed E-state index contributed by atoms with van der Waals surface area (Å²) < 4.78 is 5.53. The molecule has 98 valence electrons. The Morgan fingerprint density at radius 1 is 0.550 bits per heavy atom. The summed E-state index contributed by atoms with van der Waals surface area (Å²) in [6.45, 7) is 3.96. The van der Waals surface area contributed by atoms with Crippen LogP contribution in [0.5, 0.6) is 0 Å². The fraction of sp³-hybridized carbons (Fsp3) is 0.105. The third kappa shape index (κ3) is 2.62. The van der Waals surface area contributed by atoms with Crippen LogP contribution in [0.1, 0.15) is 11.5 Å². The maximum atomic E-state index is 5.53. The van der Waals surface area contributed by atoms with Gasteiger partial charge in [0.1, 0.15) is 0 Å². The summed E-state index contributed by atoms with van der Waals surface area (Å²) in [6, 6.07) is 23.2. The fourth-order valence-corrected chi connectivity index (χ4v) is 2.44. The van der Waals surface area contributed by atoms with Gasteiger partial charge in [-0.05, 0) is 22.3 Å². The summed E-state index contributed by atoms with van der Waals surface area (Å²) >= 11 is 0. The van der Waals surface area contributed by atoms with Crippen molar-refractivity contribution in [2.45, 2.75) is 13.8 Å². The Hall–Kier alpha value is -2.41. The zero-order chi connectivity index (χ0) is 13.9. The van der Waals surface area contributed by atoms with Crippen LogP contribution in [0.25, 0.3) is 22.3 Å². The molecule has 2 aromatic carbocycles. The van der Waals surface area contributed by atoms with Gasteiger partial charge < -0.3 is 0 Å². The van der Waals surface area contributed by atoms with E-state index in [0.29, 0.717) is 0 Å². The second-order valence-corrected chi connectivity index (χ2v) is 5.01. The van der Waals surface area contributed by atoms with Crippen molar-refractivity contribution in [1.82, 2.24) is 0 Å². The van der Waals surface area contributed by atoms with Crippen LogP contribution < -0.4 is 0 Å². The Morgan fingerprint density at radius 2 is 1.00 bits per heavy atom. The first kappa shape index (κ1) is 12.6. The van der Waals surface area contributed by atoms with Gasteiger partial charge in [-0.15, -0.1) is 0 Å². The largest absolute Gasteiger partial charge is 0.327 e. The zero-order valence-corrected chi connectivity index (χ0v) is 11.8. The highest BCUT2D eigenvalue weighted by atomic mass is 16.3. The molecule has 0 unspecified atom stereocenters. The van der Waals surface area contributed by atoms with E-state index in [2.05, 4.69) is 60.7 Å². The molecule has 0 amide bonds. The molecule has 0 aliphatic rings. The zero-order valence-electron chi connectivity index (χ0n) is 11.8. The first-order valence-corrected chi connectivity index (χ1v) is 6.79. The van der Waals surface area contributed by atoms with E-state index in [4.69, 9.17) is 4.42 Å². The Balaban J connectivity index is 1.97. The molecule has 0 bridgehead atoms. The lowest BCUT2D eigenvalue weighted by atomic mass is 10.0. The van der Waals surface area contributed by atoms with E-state index in [0.717, 1.165) is 11.5 Å². The predicted octanol–water partition coefficient (Wildman–Crippen LogP) is 5.51. The molecule has 0 saturated carbocycles. The Bertz CT molecular complexity index is 692. The maximum Gasteiger partial charge on any atom is 0.327 e. The van der Waals surface area contributed by atoms with Gasteiger partial charge in [-0.2, -0.15) is 0 Å². The van der Waals surface area contributed by atoms with Crippen LogP contribution in [0.15, 0.2) is 71.1 Å². The molecule has 0 aliphatic carbocycles. The summed E-state index contributed by atoms with van der Waals surface area (Å²) in [5.41, 5.74) is 4.90. The van der Waals surface area contributed by atoms with Gasteiger partial charge in [-0.1, -0.05) is 54.6 Å². The van der Waals surface area contributed by atoms with Crippen molar-refractivity contribution in [1.29, 1.82) is 0 Å². The second-order valence-electron chi connectivity index (χ2n) is 5.01. The standard InChI is InChI=1S/C19H17O/c1-14-12-19(13-15(2)20-14)18-10-8-17(9-11-18)16-6-4-3-5-7-16/h3-13H,1-2H3/q+1. The average Bonchev–Trinajstić information content (AvgIpc) is 2.47. The normalized spacial score (nSPS) is 10.5. The lowest BCUT2D eigenvalue weighted by Gasteiger charge is -2.04. The van der Waals surface area contributed by atoms with Gasteiger partial charge in [0.25, 0.3) is 0 Å². The van der Waals surface area contributed by atoms with Crippen LogP contribution in [-0.2, 0) is 0 Å². The van der Waals surface area contributed by atoms with E-state index >= 15 is 0 Å². The van der Waals surface area contributed by atoms with Crippen molar-refractivity contribution >= 4 is 0 Å². The molecule has 0 aliphatic heterocycles. The predicted molar refractivity (Wildman–Crippen MR) is 83.5 cm³/mol. The summed E-state index contributed by atoms with van der Waals surface area (Å²) in [6.07, 6.45) is 0. The SMILES string of the molecule is Cc1cc(-c2ccc(-c3ccccc3)cc2)cc(C)[o+]1. The molecule has 0 fully saturated rings. The maximum absolute atomic E-state index is 5.53. The van der Waals surface area contributed by atoms with Crippen molar-refractivity contribution in [3.05, 3.63) is 78.3 Å². The molecule has 0 atom stereocenters. The molecular weight excluding hydrogens is 244 g/mol. The number of rotatable bonds is 2. The Labute approximate surface area is 119 Å². The first-order chi connectivity index (χ1) is 9.72. The van der Waals surface area contributed by atoms with E-state index in [-0.39, 0.29) is 0 Å². The second kappa shape index (κ2) is 5.30. The lowest BCUT2D eigenvalue weighted by molar-refractivity contribution is 0.487. The van der Waals surface area contributed by atoms with Crippen molar-refractivity contribution in [3.8, 4) is 22.3 Å². The smallest absolute Gasteiger partial charge is 0.218 e. The van der Waals surface area contributed by atoms with Gasteiger partial charge in [0.15, 0.2) is 0 Å². The Morgan fingerprint density at radius 3 is 1.55 bits per heavy atom. The third-order valence-corrected chi connectivity index (χ3v) is 3.36. The summed E-state index contributed by atoms with van der Waals surface area (Å²) in [5, 5.41) is 0. The summed E-state index contributed by atoms with van der Waals surface area (Å²) in [7, 11) is 0. The molecule has 0 saturated heterocycles. The minimum atomic E-state index is 0.937. The fourth-order valence-electron chi connectivity index (χ4n) is 2.44. The van der Waals surface area contributed by atoms with Crippen LogP contribution in [0.3, 0.4) is 0 Å². The molecule has 20 heavy (non-hydrogen) atoms. The van der Waals surface area contributed by atoms with Crippen molar-refractivity contribution in [2.24, 2.45) is 0 Å². The molecule has 0 N–H and O–H groups in total. The number of benzene rings is 2. The van der Waals surface area contributed by atoms with E-state index in [1.54, 1.807) is 0 Å². The topological polar surface area (TPSA) is 11.3 Å². The molecule has 3 aromatic rings. The van der Waals surface area contributed by atoms with E-state index in [9.17, 15) is 0 Å².